The van der Waals surface area contributed by atoms with E-state index in [9.17, 15) is 4.79 Å². The standard InChI is InChI=1S/C14H17ClINO/c1-2-5-14(6-7-14)9-17-13(18)11-8-10(15)3-4-12(11)16/h3-4,8H,2,5-7,9H2,1H3,(H,17,18). The van der Waals surface area contributed by atoms with E-state index in [0.29, 0.717) is 16.0 Å². The Hall–Kier alpha value is -0.290. The fraction of sp³-hybridized carbons (Fsp3) is 0.500. The summed E-state index contributed by atoms with van der Waals surface area (Å²) in [5.41, 5.74) is 1.06. The number of hydrogen-bond donors (Lipinski definition) is 1. The quantitative estimate of drug-likeness (QED) is 0.764. The van der Waals surface area contributed by atoms with Gasteiger partial charge in [-0.25, -0.2) is 0 Å². The van der Waals surface area contributed by atoms with Crippen LogP contribution in [0.5, 0.6) is 0 Å². The third kappa shape index (κ3) is 3.38. The zero-order valence-electron chi connectivity index (χ0n) is 10.4. The topological polar surface area (TPSA) is 29.1 Å². The minimum absolute atomic E-state index is 0.00993. The SMILES string of the molecule is CCCC1(CNC(=O)c2cc(Cl)ccc2I)CC1. The van der Waals surface area contributed by atoms with Gasteiger partial charge in [0.1, 0.15) is 0 Å². The van der Waals surface area contributed by atoms with Crippen LogP contribution in [0.4, 0.5) is 0 Å². The molecule has 98 valence electrons. The molecule has 4 heteroatoms. The summed E-state index contributed by atoms with van der Waals surface area (Å²) in [5.74, 6) is -0.00993. The average molecular weight is 378 g/mol. The van der Waals surface area contributed by atoms with Crippen molar-refractivity contribution in [2.75, 3.05) is 6.54 Å². The van der Waals surface area contributed by atoms with Crippen LogP contribution < -0.4 is 5.32 Å². The molecule has 1 saturated carbocycles. The molecule has 1 aromatic rings. The van der Waals surface area contributed by atoms with E-state index in [0.717, 1.165) is 10.1 Å². The van der Waals surface area contributed by atoms with Crippen molar-refractivity contribution in [1.29, 1.82) is 0 Å². The summed E-state index contributed by atoms with van der Waals surface area (Å²) in [6.07, 6.45) is 4.88. The molecule has 0 bridgehead atoms. The number of halogens is 2. The highest BCUT2D eigenvalue weighted by Crippen LogP contribution is 2.48. The first-order valence-electron chi connectivity index (χ1n) is 6.29. The van der Waals surface area contributed by atoms with Crippen molar-refractivity contribution in [1.82, 2.24) is 5.32 Å². The highest BCUT2D eigenvalue weighted by molar-refractivity contribution is 14.1. The lowest BCUT2D eigenvalue weighted by Crippen LogP contribution is -2.30. The van der Waals surface area contributed by atoms with Crippen LogP contribution in [0.1, 0.15) is 43.0 Å². The number of nitrogens with one attached hydrogen (secondary N) is 1. The Kier molecular flexibility index (Phi) is 4.54. The van der Waals surface area contributed by atoms with E-state index in [1.165, 1.54) is 25.7 Å². The van der Waals surface area contributed by atoms with Crippen molar-refractivity contribution in [3.8, 4) is 0 Å². The smallest absolute Gasteiger partial charge is 0.252 e. The van der Waals surface area contributed by atoms with Gasteiger partial charge in [-0.3, -0.25) is 4.79 Å². The van der Waals surface area contributed by atoms with E-state index >= 15 is 0 Å². The monoisotopic (exact) mass is 377 g/mol. The highest BCUT2D eigenvalue weighted by atomic mass is 127. The molecule has 0 aliphatic heterocycles. The van der Waals surface area contributed by atoms with Gasteiger partial charge in [0.2, 0.25) is 0 Å². The first-order chi connectivity index (χ1) is 8.56. The summed E-state index contributed by atoms with van der Waals surface area (Å²) in [4.78, 5) is 12.1. The van der Waals surface area contributed by atoms with Gasteiger partial charge in [0.15, 0.2) is 0 Å². The number of amides is 1. The van der Waals surface area contributed by atoms with Crippen molar-refractivity contribution < 1.29 is 4.79 Å². The Bertz CT molecular complexity index is 457. The van der Waals surface area contributed by atoms with Gasteiger partial charge in [0, 0.05) is 15.1 Å². The van der Waals surface area contributed by atoms with Gasteiger partial charge in [0.25, 0.3) is 5.91 Å². The Balaban J connectivity index is 1.98. The summed E-state index contributed by atoms with van der Waals surface area (Å²) < 4.78 is 0.940. The molecule has 0 spiro atoms. The van der Waals surface area contributed by atoms with Crippen LogP contribution in [-0.2, 0) is 0 Å². The lowest BCUT2D eigenvalue weighted by molar-refractivity contribution is 0.0943. The second-order valence-corrected chi connectivity index (χ2v) is 6.66. The molecule has 0 unspecified atom stereocenters. The maximum Gasteiger partial charge on any atom is 0.252 e. The predicted octanol–water partition coefficient (Wildman–Crippen LogP) is 4.25. The van der Waals surface area contributed by atoms with E-state index in [2.05, 4.69) is 34.8 Å². The van der Waals surface area contributed by atoms with Crippen molar-refractivity contribution in [3.63, 3.8) is 0 Å². The zero-order chi connectivity index (χ0) is 13.2. The summed E-state index contributed by atoms with van der Waals surface area (Å²) >= 11 is 8.10. The molecular weight excluding hydrogens is 361 g/mol. The lowest BCUT2D eigenvalue weighted by atomic mass is 10.0. The van der Waals surface area contributed by atoms with E-state index in [1.54, 1.807) is 12.1 Å². The Morgan fingerprint density at radius 1 is 1.50 bits per heavy atom. The summed E-state index contributed by atoms with van der Waals surface area (Å²) in [7, 11) is 0. The molecule has 0 saturated heterocycles. The van der Waals surface area contributed by atoms with Crippen LogP contribution in [0, 0.1) is 8.99 Å². The van der Waals surface area contributed by atoms with Crippen LogP contribution in [-0.4, -0.2) is 12.5 Å². The van der Waals surface area contributed by atoms with E-state index < -0.39 is 0 Å². The van der Waals surface area contributed by atoms with Crippen LogP contribution >= 0.6 is 34.2 Å². The van der Waals surface area contributed by atoms with E-state index in [1.807, 2.05) is 6.07 Å². The van der Waals surface area contributed by atoms with Gasteiger partial charge in [0.05, 0.1) is 5.56 Å². The number of carbonyl (C=O) groups is 1. The van der Waals surface area contributed by atoms with Gasteiger partial charge in [-0.15, -0.1) is 0 Å². The molecule has 2 rings (SSSR count). The van der Waals surface area contributed by atoms with Gasteiger partial charge in [-0.2, -0.15) is 0 Å². The minimum atomic E-state index is -0.00993. The van der Waals surface area contributed by atoms with Crippen LogP contribution in [0.25, 0.3) is 0 Å². The normalized spacial score (nSPS) is 16.4. The third-order valence-electron chi connectivity index (χ3n) is 3.53. The van der Waals surface area contributed by atoms with Crippen molar-refractivity contribution in [3.05, 3.63) is 32.4 Å². The molecule has 0 aromatic heterocycles. The third-order valence-corrected chi connectivity index (χ3v) is 4.71. The van der Waals surface area contributed by atoms with Crippen LogP contribution in [0.2, 0.25) is 5.02 Å². The second kappa shape index (κ2) is 5.78. The summed E-state index contributed by atoms with van der Waals surface area (Å²) in [5, 5.41) is 3.66. The molecule has 0 radical (unpaired) electrons. The first kappa shape index (κ1) is 14.1. The molecular formula is C14H17ClINO. The predicted molar refractivity (Wildman–Crippen MR) is 83.1 cm³/mol. The van der Waals surface area contributed by atoms with Crippen LogP contribution in [0.15, 0.2) is 18.2 Å². The fourth-order valence-corrected chi connectivity index (χ4v) is 3.01. The van der Waals surface area contributed by atoms with Gasteiger partial charge < -0.3 is 5.32 Å². The second-order valence-electron chi connectivity index (χ2n) is 5.06. The van der Waals surface area contributed by atoms with Crippen molar-refractivity contribution >= 4 is 40.1 Å². The minimum Gasteiger partial charge on any atom is -0.351 e. The fourth-order valence-electron chi connectivity index (χ4n) is 2.26. The Labute approximate surface area is 127 Å². The molecule has 1 aliphatic carbocycles. The lowest BCUT2D eigenvalue weighted by Gasteiger charge is -2.15. The summed E-state index contributed by atoms with van der Waals surface area (Å²) in [6, 6.07) is 5.41. The highest BCUT2D eigenvalue weighted by Gasteiger charge is 2.41. The Morgan fingerprint density at radius 2 is 2.22 bits per heavy atom. The summed E-state index contributed by atoms with van der Waals surface area (Å²) in [6.45, 7) is 2.99. The molecule has 1 N–H and O–H groups in total. The molecule has 1 aliphatic rings. The molecule has 0 heterocycles. The largest absolute Gasteiger partial charge is 0.351 e. The van der Waals surface area contributed by atoms with E-state index in [4.69, 9.17) is 11.6 Å². The molecule has 2 nitrogen and oxygen atoms in total. The van der Waals surface area contributed by atoms with Crippen LogP contribution in [0.3, 0.4) is 0 Å². The number of carbonyl (C=O) groups excluding carboxylic acids is 1. The molecule has 1 amide bonds. The van der Waals surface area contributed by atoms with Crippen molar-refractivity contribution in [2.45, 2.75) is 32.6 Å². The number of hydrogen-bond acceptors (Lipinski definition) is 1. The maximum absolute atomic E-state index is 12.1. The van der Waals surface area contributed by atoms with E-state index in [-0.39, 0.29) is 5.91 Å². The van der Waals surface area contributed by atoms with Gasteiger partial charge in [-0.05, 0) is 65.5 Å². The molecule has 0 atom stereocenters. The number of rotatable bonds is 5. The van der Waals surface area contributed by atoms with Gasteiger partial charge >= 0.3 is 0 Å². The Morgan fingerprint density at radius 3 is 2.83 bits per heavy atom. The molecule has 1 fully saturated rings. The molecule has 18 heavy (non-hydrogen) atoms. The average Bonchev–Trinajstić information content (AvgIpc) is 3.10. The molecule has 1 aromatic carbocycles. The zero-order valence-corrected chi connectivity index (χ0v) is 13.3. The first-order valence-corrected chi connectivity index (χ1v) is 7.75. The van der Waals surface area contributed by atoms with Crippen molar-refractivity contribution in [2.24, 2.45) is 5.41 Å². The maximum atomic E-state index is 12.1. The van der Waals surface area contributed by atoms with Gasteiger partial charge in [-0.1, -0.05) is 24.9 Å². The number of benzene rings is 1.